The Labute approximate surface area is 88.8 Å². The number of carbonyl (C=O) groups is 1. The Bertz CT molecular complexity index is 348. The van der Waals surface area contributed by atoms with Crippen molar-refractivity contribution in [2.45, 2.75) is 25.8 Å². The molecule has 0 aromatic carbocycles. The molecule has 1 N–H and O–H groups in total. The molecule has 2 aliphatic carbocycles. The van der Waals surface area contributed by atoms with Crippen LogP contribution in [0.15, 0.2) is 22.8 Å². The molecule has 2 aliphatic rings. The first-order chi connectivity index (χ1) is 7.33. The first-order valence-corrected chi connectivity index (χ1v) is 5.63. The van der Waals surface area contributed by atoms with E-state index >= 15 is 0 Å². The largest absolute Gasteiger partial charge is 0.467 e. The summed E-state index contributed by atoms with van der Waals surface area (Å²) in [7, 11) is 0. The van der Waals surface area contributed by atoms with Crippen molar-refractivity contribution in [2.24, 2.45) is 17.8 Å². The van der Waals surface area contributed by atoms with Gasteiger partial charge in [0.05, 0.1) is 12.8 Å². The lowest BCUT2D eigenvalue weighted by Gasteiger charge is -2.11. The van der Waals surface area contributed by atoms with Crippen LogP contribution in [0.5, 0.6) is 0 Å². The first-order valence-electron chi connectivity index (χ1n) is 5.63. The third-order valence-electron chi connectivity index (χ3n) is 3.63. The SMILES string of the molecule is O=C(NCc1ccco1)C1CC2CC2C1. The summed E-state index contributed by atoms with van der Waals surface area (Å²) in [5.74, 6) is 3.03. The topological polar surface area (TPSA) is 42.2 Å². The van der Waals surface area contributed by atoms with E-state index in [1.165, 1.54) is 6.42 Å². The van der Waals surface area contributed by atoms with E-state index in [9.17, 15) is 4.79 Å². The second-order valence-electron chi connectivity index (χ2n) is 4.72. The van der Waals surface area contributed by atoms with Crippen LogP contribution in [0.1, 0.15) is 25.0 Å². The second-order valence-corrected chi connectivity index (χ2v) is 4.72. The van der Waals surface area contributed by atoms with Gasteiger partial charge >= 0.3 is 0 Å². The molecule has 80 valence electrons. The molecule has 0 bridgehead atoms. The van der Waals surface area contributed by atoms with Crippen LogP contribution in [0.25, 0.3) is 0 Å². The summed E-state index contributed by atoms with van der Waals surface area (Å²) in [6.07, 6.45) is 5.21. The molecule has 2 fully saturated rings. The molecule has 1 heterocycles. The molecule has 0 aliphatic heterocycles. The molecule has 2 unspecified atom stereocenters. The van der Waals surface area contributed by atoms with Crippen LogP contribution in [0, 0.1) is 17.8 Å². The van der Waals surface area contributed by atoms with E-state index < -0.39 is 0 Å². The van der Waals surface area contributed by atoms with Crippen molar-refractivity contribution in [2.75, 3.05) is 0 Å². The third-order valence-corrected chi connectivity index (χ3v) is 3.63. The van der Waals surface area contributed by atoms with Gasteiger partial charge < -0.3 is 9.73 Å². The molecule has 1 amide bonds. The zero-order valence-corrected chi connectivity index (χ0v) is 8.61. The lowest BCUT2D eigenvalue weighted by atomic mass is 10.0. The maximum absolute atomic E-state index is 11.8. The molecule has 0 saturated heterocycles. The number of hydrogen-bond donors (Lipinski definition) is 1. The van der Waals surface area contributed by atoms with Gasteiger partial charge in [-0.2, -0.15) is 0 Å². The van der Waals surface area contributed by atoms with E-state index in [0.29, 0.717) is 6.54 Å². The van der Waals surface area contributed by atoms with Gasteiger partial charge in [0.1, 0.15) is 5.76 Å². The number of rotatable bonds is 3. The Morgan fingerprint density at radius 1 is 1.40 bits per heavy atom. The van der Waals surface area contributed by atoms with E-state index in [1.807, 2.05) is 12.1 Å². The molecule has 0 radical (unpaired) electrons. The van der Waals surface area contributed by atoms with Gasteiger partial charge in [0.25, 0.3) is 0 Å². The monoisotopic (exact) mass is 205 g/mol. The van der Waals surface area contributed by atoms with Crippen LogP contribution in [0.2, 0.25) is 0 Å². The van der Waals surface area contributed by atoms with Crippen molar-refractivity contribution < 1.29 is 9.21 Å². The molecular weight excluding hydrogens is 190 g/mol. The maximum Gasteiger partial charge on any atom is 0.223 e. The van der Waals surface area contributed by atoms with Gasteiger partial charge in [-0.1, -0.05) is 0 Å². The highest BCUT2D eigenvalue weighted by atomic mass is 16.3. The number of furan rings is 1. The van der Waals surface area contributed by atoms with Gasteiger partial charge in [-0.05, 0) is 43.2 Å². The third kappa shape index (κ3) is 1.78. The Kier molecular flexibility index (Phi) is 2.04. The zero-order valence-electron chi connectivity index (χ0n) is 8.61. The molecule has 3 nitrogen and oxygen atoms in total. The Morgan fingerprint density at radius 2 is 2.20 bits per heavy atom. The minimum absolute atomic E-state index is 0.207. The van der Waals surface area contributed by atoms with E-state index in [1.54, 1.807) is 6.26 Å². The van der Waals surface area contributed by atoms with Crippen molar-refractivity contribution in [1.29, 1.82) is 0 Å². The summed E-state index contributed by atoms with van der Waals surface area (Å²) in [6.45, 7) is 0.525. The predicted molar refractivity (Wildman–Crippen MR) is 54.9 cm³/mol. The standard InChI is InChI=1S/C12H15NO2/c14-12(10-5-8-4-9(8)6-10)13-7-11-2-1-3-15-11/h1-3,8-10H,4-7H2,(H,13,14). The highest BCUT2D eigenvalue weighted by Crippen LogP contribution is 2.54. The number of carbonyl (C=O) groups excluding carboxylic acids is 1. The van der Waals surface area contributed by atoms with Crippen LogP contribution >= 0.6 is 0 Å². The second kappa shape index (κ2) is 3.40. The van der Waals surface area contributed by atoms with Gasteiger partial charge in [-0.15, -0.1) is 0 Å². The van der Waals surface area contributed by atoms with Gasteiger partial charge in [-0.25, -0.2) is 0 Å². The maximum atomic E-state index is 11.8. The molecule has 1 aromatic rings. The summed E-state index contributed by atoms with van der Waals surface area (Å²) in [6, 6.07) is 3.72. The first kappa shape index (κ1) is 9.01. The zero-order chi connectivity index (χ0) is 10.3. The molecule has 0 spiro atoms. The average molecular weight is 205 g/mol. The molecule has 3 heteroatoms. The van der Waals surface area contributed by atoms with Crippen LogP contribution in [0.4, 0.5) is 0 Å². The normalized spacial score (nSPS) is 32.4. The quantitative estimate of drug-likeness (QED) is 0.819. The minimum Gasteiger partial charge on any atom is -0.467 e. The Hall–Kier alpha value is -1.25. The van der Waals surface area contributed by atoms with E-state index in [2.05, 4.69) is 5.32 Å². The highest BCUT2D eigenvalue weighted by molar-refractivity contribution is 5.79. The molecule has 2 saturated carbocycles. The lowest BCUT2D eigenvalue weighted by Crippen LogP contribution is -2.29. The van der Waals surface area contributed by atoms with Crippen molar-refractivity contribution in [1.82, 2.24) is 5.32 Å². The number of amides is 1. The number of nitrogens with one attached hydrogen (secondary N) is 1. The molecule has 3 rings (SSSR count). The van der Waals surface area contributed by atoms with Gasteiger partial charge in [0.2, 0.25) is 5.91 Å². The Morgan fingerprint density at radius 3 is 2.87 bits per heavy atom. The van der Waals surface area contributed by atoms with Crippen LogP contribution < -0.4 is 5.32 Å². The fourth-order valence-corrected chi connectivity index (χ4v) is 2.66. The number of hydrogen-bond acceptors (Lipinski definition) is 2. The van der Waals surface area contributed by atoms with E-state index in [4.69, 9.17) is 4.42 Å². The Balaban J connectivity index is 1.49. The van der Waals surface area contributed by atoms with Crippen LogP contribution in [-0.2, 0) is 11.3 Å². The molecule has 1 aromatic heterocycles. The van der Waals surface area contributed by atoms with Crippen molar-refractivity contribution >= 4 is 5.91 Å². The molecule has 2 atom stereocenters. The smallest absolute Gasteiger partial charge is 0.223 e. The van der Waals surface area contributed by atoms with Crippen molar-refractivity contribution in [3.63, 3.8) is 0 Å². The van der Waals surface area contributed by atoms with Crippen LogP contribution in [0.3, 0.4) is 0 Å². The summed E-state index contributed by atoms with van der Waals surface area (Å²) in [5.41, 5.74) is 0. The van der Waals surface area contributed by atoms with Crippen molar-refractivity contribution in [3.05, 3.63) is 24.2 Å². The van der Waals surface area contributed by atoms with Gasteiger partial charge in [-0.3, -0.25) is 4.79 Å². The predicted octanol–water partition coefficient (Wildman–Crippen LogP) is 1.94. The summed E-state index contributed by atoms with van der Waals surface area (Å²) in [5, 5.41) is 2.94. The van der Waals surface area contributed by atoms with Crippen molar-refractivity contribution in [3.8, 4) is 0 Å². The fraction of sp³-hybridized carbons (Fsp3) is 0.583. The summed E-state index contributed by atoms with van der Waals surface area (Å²) < 4.78 is 5.16. The minimum atomic E-state index is 0.207. The summed E-state index contributed by atoms with van der Waals surface area (Å²) >= 11 is 0. The van der Waals surface area contributed by atoms with E-state index in [0.717, 1.165) is 30.4 Å². The molecule has 15 heavy (non-hydrogen) atoms. The number of fused-ring (bicyclic) bond motifs is 1. The van der Waals surface area contributed by atoms with Gasteiger partial charge in [0, 0.05) is 5.92 Å². The van der Waals surface area contributed by atoms with E-state index in [-0.39, 0.29) is 11.8 Å². The fourth-order valence-electron chi connectivity index (χ4n) is 2.66. The van der Waals surface area contributed by atoms with Gasteiger partial charge in [0.15, 0.2) is 0 Å². The molecular formula is C12H15NO2. The average Bonchev–Trinajstić information content (AvgIpc) is 2.75. The highest BCUT2D eigenvalue weighted by Gasteiger charge is 2.47. The summed E-state index contributed by atoms with van der Waals surface area (Å²) in [4.78, 5) is 11.8. The van der Waals surface area contributed by atoms with Crippen LogP contribution in [-0.4, -0.2) is 5.91 Å². The lowest BCUT2D eigenvalue weighted by molar-refractivity contribution is -0.125.